The molecule has 1 aromatic carbocycles. The van der Waals surface area contributed by atoms with Gasteiger partial charge in [0, 0.05) is 6.20 Å². The molecule has 0 saturated heterocycles. The molecule has 1 saturated carbocycles. The lowest BCUT2D eigenvalue weighted by Gasteiger charge is -2.34. The molecule has 0 unspecified atom stereocenters. The summed E-state index contributed by atoms with van der Waals surface area (Å²) < 4.78 is 25.9. The normalized spacial score (nSPS) is 19.0. The summed E-state index contributed by atoms with van der Waals surface area (Å²) in [5, 5.41) is 7.05. The highest BCUT2D eigenvalue weighted by Crippen LogP contribution is 2.44. The summed E-state index contributed by atoms with van der Waals surface area (Å²) in [7, 11) is -3.63. The Hall–Kier alpha value is -2.08. The minimum Gasteiger partial charge on any atom is -0.361 e. The number of hydrogen-bond acceptors (Lipinski definition) is 5. The van der Waals surface area contributed by atoms with Crippen molar-refractivity contribution in [2.45, 2.75) is 47.7 Å². The van der Waals surface area contributed by atoms with Gasteiger partial charge >= 0.3 is 0 Å². The standard InChI is InChI=1S/C17H19N3O2S/c21-23(22,13-7-3-1-4-8-13)16-15-14(9-12-18-16)19-17(20-15)10-5-2-6-11-17/h1,3-4,7-9,12,19-20H,2,5-6,10-11H2. The average molecular weight is 329 g/mol. The van der Waals surface area contributed by atoms with Gasteiger partial charge in [0.15, 0.2) is 5.03 Å². The Morgan fingerprint density at radius 3 is 2.43 bits per heavy atom. The first-order valence-electron chi connectivity index (χ1n) is 7.96. The van der Waals surface area contributed by atoms with E-state index in [4.69, 9.17) is 0 Å². The molecular weight excluding hydrogens is 310 g/mol. The molecule has 1 aromatic heterocycles. The number of nitrogens with zero attached hydrogens (tertiary/aromatic N) is 1. The van der Waals surface area contributed by atoms with Crippen LogP contribution >= 0.6 is 0 Å². The second-order valence-corrected chi connectivity index (χ2v) is 8.11. The van der Waals surface area contributed by atoms with Crippen molar-refractivity contribution in [3.8, 4) is 0 Å². The van der Waals surface area contributed by atoms with Gasteiger partial charge in [-0.05, 0) is 43.9 Å². The first kappa shape index (κ1) is 14.5. The van der Waals surface area contributed by atoms with Gasteiger partial charge < -0.3 is 10.6 Å². The summed E-state index contributed by atoms with van der Waals surface area (Å²) in [6.45, 7) is 0. The van der Waals surface area contributed by atoms with Crippen LogP contribution in [-0.4, -0.2) is 19.1 Å². The molecule has 4 rings (SSSR count). The fourth-order valence-electron chi connectivity index (χ4n) is 3.52. The van der Waals surface area contributed by atoms with Gasteiger partial charge in [-0.3, -0.25) is 0 Å². The summed E-state index contributed by atoms with van der Waals surface area (Å²) in [5.41, 5.74) is 1.22. The molecule has 2 aromatic rings. The summed E-state index contributed by atoms with van der Waals surface area (Å²) >= 11 is 0. The maximum absolute atomic E-state index is 12.9. The number of hydrogen-bond donors (Lipinski definition) is 2. The molecule has 2 N–H and O–H groups in total. The topological polar surface area (TPSA) is 71.1 Å². The molecule has 6 heteroatoms. The van der Waals surface area contributed by atoms with Crippen molar-refractivity contribution >= 4 is 21.2 Å². The Morgan fingerprint density at radius 1 is 0.957 bits per heavy atom. The first-order valence-corrected chi connectivity index (χ1v) is 9.45. The third-order valence-corrected chi connectivity index (χ3v) is 6.38. The SMILES string of the molecule is O=S(=O)(c1ccccc1)c1nccc2c1NC1(CCCCC1)N2. The Labute approximate surface area is 136 Å². The molecule has 2 aliphatic rings. The van der Waals surface area contributed by atoms with Gasteiger partial charge in [0.2, 0.25) is 9.84 Å². The lowest BCUT2D eigenvalue weighted by Crippen LogP contribution is -2.43. The van der Waals surface area contributed by atoms with Gasteiger partial charge in [-0.25, -0.2) is 13.4 Å². The lowest BCUT2D eigenvalue weighted by molar-refractivity contribution is 0.367. The van der Waals surface area contributed by atoms with E-state index in [0.29, 0.717) is 5.69 Å². The number of sulfone groups is 1. The van der Waals surface area contributed by atoms with Crippen LogP contribution in [0.15, 0.2) is 52.5 Å². The van der Waals surface area contributed by atoms with E-state index in [1.807, 2.05) is 6.07 Å². The van der Waals surface area contributed by atoms with Crippen LogP contribution in [-0.2, 0) is 9.84 Å². The highest BCUT2D eigenvalue weighted by atomic mass is 32.2. The molecule has 0 atom stereocenters. The van der Waals surface area contributed by atoms with Crippen molar-refractivity contribution in [1.82, 2.24) is 4.98 Å². The van der Waals surface area contributed by atoms with Crippen LogP contribution in [0.1, 0.15) is 32.1 Å². The lowest BCUT2D eigenvalue weighted by atomic mass is 9.89. The molecule has 0 amide bonds. The summed E-state index contributed by atoms with van der Waals surface area (Å²) in [6, 6.07) is 10.3. The second kappa shape index (κ2) is 5.23. The van der Waals surface area contributed by atoms with E-state index >= 15 is 0 Å². The number of anilines is 2. The molecule has 1 spiro atoms. The molecule has 23 heavy (non-hydrogen) atoms. The molecule has 0 bridgehead atoms. The zero-order valence-electron chi connectivity index (χ0n) is 12.7. The van der Waals surface area contributed by atoms with E-state index in [1.165, 1.54) is 6.42 Å². The third kappa shape index (κ3) is 2.37. The van der Waals surface area contributed by atoms with Crippen LogP contribution in [0.5, 0.6) is 0 Å². The number of fused-ring (bicyclic) bond motifs is 1. The Balaban J connectivity index is 1.78. The van der Waals surface area contributed by atoms with Gasteiger partial charge in [-0.15, -0.1) is 0 Å². The van der Waals surface area contributed by atoms with Crippen LogP contribution in [0.3, 0.4) is 0 Å². The smallest absolute Gasteiger partial charge is 0.226 e. The van der Waals surface area contributed by atoms with Crippen molar-refractivity contribution in [2.24, 2.45) is 0 Å². The quantitative estimate of drug-likeness (QED) is 0.883. The van der Waals surface area contributed by atoms with Gasteiger partial charge in [0.25, 0.3) is 0 Å². The van der Waals surface area contributed by atoms with E-state index < -0.39 is 9.84 Å². The summed E-state index contributed by atoms with van der Waals surface area (Å²) in [6.07, 6.45) is 7.06. The van der Waals surface area contributed by atoms with E-state index in [-0.39, 0.29) is 15.6 Å². The zero-order valence-corrected chi connectivity index (χ0v) is 13.6. The van der Waals surface area contributed by atoms with Crippen molar-refractivity contribution < 1.29 is 8.42 Å². The molecule has 1 aliphatic carbocycles. The van der Waals surface area contributed by atoms with E-state index in [1.54, 1.807) is 36.5 Å². The van der Waals surface area contributed by atoms with Crippen LogP contribution in [0, 0.1) is 0 Å². The Morgan fingerprint density at radius 2 is 1.70 bits per heavy atom. The molecular formula is C17H19N3O2S. The van der Waals surface area contributed by atoms with Crippen molar-refractivity contribution in [1.29, 1.82) is 0 Å². The third-order valence-electron chi connectivity index (χ3n) is 4.67. The largest absolute Gasteiger partial charge is 0.361 e. The fraction of sp³-hybridized carbons (Fsp3) is 0.353. The minimum absolute atomic E-state index is 0.108. The van der Waals surface area contributed by atoms with Gasteiger partial charge in [0.1, 0.15) is 5.66 Å². The predicted molar refractivity (Wildman–Crippen MR) is 89.2 cm³/mol. The molecule has 5 nitrogen and oxygen atoms in total. The number of aromatic nitrogens is 1. The zero-order chi connectivity index (χ0) is 15.9. The highest BCUT2D eigenvalue weighted by molar-refractivity contribution is 7.91. The van der Waals surface area contributed by atoms with Crippen LogP contribution < -0.4 is 10.6 Å². The minimum atomic E-state index is -3.63. The molecule has 1 aliphatic heterocycles. The monoisotopic (exact) mass is 329 g/mol. The van der Waals surface area contributed by atoms with Crippen LogP contribution in [0.4, 0.5) is 11.4 Å². The maximum Gasteiger partial charge on any atom is 0.226 e. The van der Waals surface area contributed by atoms with Crippen molar-refractivity contribution in [2.75, 3.05) is 10.6 Å². The number of nitrogens with one attached hydrogen (secondary N) is 2. The number of rotatable bonds is 2. The van der Waals surface area contributed by atoms with Gasteiger partial charge in [0.05, 0.1) is 16.3 Å². The molecule has 120 valence electrons. The van der Waals surface area contributed by atoms with Gasteiger partial charge in [-0.2, -0.15) is 0 Å². The van der Waals surface area contributed by atoms with E-state index in [0.717, 1.165) is 31.4 Å². The molecule has 1 fully saturated rings. The second-order valence-electron chi connectivity index (χ2n) is 6.25. The Kier molecular flexibility index (Phi) is 3.30. The van der Waals surface area contributed by atoms with E-state index in [9.17, 15) is 8.42 Å². The van der Waals surface area contributed by atoms with Crippen LogP contribution in [0.2, 0.25) is 0 Å². The summed E-state index contributed by atoms with van der Waals surface area (Å²) in [4.78, 5) is 4.46. The predicted octanol–water partition coefficient (Wildman–Crippen LogP) is 3.41. The van der Waals surface area contributed by atoms with Crippen LogP contribution in [0.25, 0.3) is 0 Å². The number of pyridine rings is 1. The van der Waals surface area contributed by atoms with Crippen molar-refractivity contribution in [3.05, 3.63) is 42.6 Å². The van der Waals surface area contributed by atoms with Gasteiger partial charge in [-0.1, -0.05) is 24.6 Å². The molecule has 0 radical (unpaired) electrons. The van der Waals surface area contributed by atoms with Crippen molar-refractivity contribution in [3.63, 3.8) is 0 Å². The fourth-order valence-corrected chi connectivity index (χ4v) is 4.88. The first-order chi connectivity index (χ1) is 11.1. The van der Waals surface area contributed by atoms with E-state index in [2.05, 4.69) is 15.6 Å². The molecule has 2 heterocycles. The Bertz CT molecular complexity index is 828. The summed E-state index contributed by atoms with van der Waals surface area (Å²) in [5.74, 6) is 0. The number of benzene rings is 1. The highest BCUT2D eigenvalue weighted by Gasteiger charge is 2.40. The maximum atomic E-state index is 12.9. The average Bonchev–Trinajstić information content (AvgIpc) is 2.93.